The van der Waals surface area contributed by atoms with Gasteiger partial charge in [0.2, 0.25) is 5.91 Å². The quantitative estimate of drug-likeness (QED) is 0.874. The third-order valence-electron chi connectivity index (χ3n) is 2.31. The molecule has 4 nitrogen and oxygen atoms in total. The van der Waals surface area contributed by atoms with E-state index in [9.17, 15) is 4.79 Å². The Morgan fingerprint density at radius 3 is 2.71 bits per heavy atom. The highest BCUT2D eigenvalue weighted by Gasteiger charge is 2.12. The largest absolute Gasteiger partial charge is 0.497 e. The van der Waals surface area contributed by atoms with Crippen molar-refractivity contribution in [3.63, 3.8) is 0 Å². The summed E-state index contributed by atoms with van der Waals surface area (Å²) < 4.78 is 5.14. The topological polar surface area (TPSA) is 41.6 Å². The zero-order valence-electron chi connectivity index (χ0n) is 10.4. The molecule has 0 aliphatic carbocycles. The van der Waals surface area contributed by atoms with Crippen molar-refractivity contribution in [1.29, 1.82) is 0 Å². The number of nitrogens with one attached hydrogen (secondary N) is 1. The van der Waals surface area contributed by atoms with Gasteiger partial charge in [0.1, 0.15) is 5.75 Å². The van der Waals surface area contributed by atoms with Crippen molar-refractivity contribution < 1.29 is 9.53 Å². The summed E-state index contributed by atoms with van der Waals surface area (Å²) in [4.78, 5) is 13.5. The monoisotopic (exact) mass is 258 g/mol. The number of anilines is 1. The maximum atomic E-state index is 11.8. The SMILES string of the molecule is CCN(C(=O)CNC)c1cccc(OC)c1.Cl. The molecule has 1 N–H and O–H groups in total. The number of rotatable bonds is 5. The van der Waals surface area contributed by atoms with Crippen LogP contribution in [0.15, 0.2) is 24.3 Å². The first-order chi connectivity index (χ1) is 7.72. The molecule has 0 spiro atoms. The number of carbonyl (C=O) groups excluding carboxylic acids is 1. The molecule has 0 atom stereocenters. The van der Waals surface area contributed by atoms with E-state index >= 15 is 0 Å². The number of halogens is 1. The smallest absolute Gasteiger partial charge is 0.240 e. The Morgan fingerprint density at radius 1 is 1.47 bits per heavy atom. The molecule has 0 unspecified atom stereocenters. The van der Waals surface area contributed by atoms with Crippen LogP contribution in [0.3, 0.4) is 0 Å². The Hall–Kier alpha value is -1.26. The van der Waals surface area contributed by atoms with Crippen LogP contribution in [0.5, 0.6) is 5.75 Å². The number of likely N-dealkylation sites (N-methyl/N-ethyl adjacent to an activating group) is 2. The molecule has 0 fully saturated rings. The third-order valence-corrected chi connectivity index (χ3v) is 2.31. The van der Waals surface area contributed by atoms with Crippen LogP contribution in [0.1, 0.15) is 6.92 Å². The van der Waals surface area contributed by atoms with Crippen molar-refractivity contribution in [1.82, 2.24) is 5.32 Å². The van der Waals surface area contributed by atoms with E-state index in [2.05, 4.69) is 5.32 Å². The van der Waals surface area contributed by atoms with E-state index in [0.29, 0.717) is 13.1 Å². The van der Waals surface area contributed by atoms with E-state index in [1.54, 1.807) is 19.1 Å². The highest BCUT2D eigenvalue weighted by molar-refractivity contribution is 5.94. The summed E-state index contributed by atoms with van der Waals surface area (Å²) in [6, 6.07) is 7.50. The molecule has 1 rings (SSSR count). The molecule has 0 aromatic heterocycles. The molecule has 1 amide bonds. The fourth-order valence-corrected chi connectivity index (χ4v) is 1.53. The molecule has 0 saturated heterocycles. The lowest BCUT2D eigenvalue weighted by Gasteiger charge is -2.21. The van der Waals surface area contributed by atoms with Crippen molar-refractivity contribution in [3.05, 3.63) is 24.3 Å². The van der Waals surface area contributed by atoms with E-state index in [4.69, 9.17) is 4.74 Å². The second-order valence-corrected chi connectivity index (χ2v) is 3.37. The van der Waals surface area contributed by atoms with E-state index < -0.39 is 0 Å². The highest BCUT2D eigenvalue weighted by Crippen LogP contribution is 2.20. The Labute approximate surface area is 108 Å². The molecular formula is C12H19ClN2O2. The fourth-order valence-electron chi connectivity index (χ4n) is 1.53. The van der Waals surface area contributed by atoms with Gasteiger partial charge in [0, 0.05) is 18.3 Å². The van der Waals surface area contributed by atoms with E-state index in [1.165, 1.54) is 0 Å². The van der Waals surface area contributed by atoms with E-state index in [-0.39, 0.29) is 18.3 Å². The van der Waals surface area contributed by atoms with Gasteiger partial charge in [-0.2, -0.15) is 0 Å². The predicted octanol–water partition coefficient (Wildman–Crippen LogP) is 1.69. The summed E-state index contributed by atoms with van der Waals surface area (Å²) in [7, 11) is 3.38. The van der Waals surface area contributed by atoms with Crippen molar-refractivity contribution in [2.24, 2.45) is 0 Å². The molecule has 0 aliphatic heterocycles. The molecule has 1 aromatic carbocycles. The summed E-state index contributed by atoms with van der Waals surface area (Å²) in [5, 5.41) is 2.86. The van der Waals surface area contributed by atoms with Gasteiger partial charge < -0.3 is 15.0 Å². The summed E-state index contributed by atoms with van der Waals surface area (Å²) >= 11 is 0. The lowest BCUT2D eigenvalue weighted by atomic mass is 10.2. The maximum Gasteiger partial charge on any atom is 0.240 e. The molecule has 17 heavy (non-hydrogen) atoms. The van der Waals surface area contributed by atoms with Crippen molar-refractivity contribution in [2.75, 3.05) is 32.1 Å². The Kier molecular flexibility index (Phi) is 7.34. The van der Waals surface area contributed by atoms with Crippen LogP contribution in [-0.2, 0) is 4.79 Å². The molecule has 0 heterocycles. The summed E-state index contributed by atoms with van der Waals surface area (Å²) in [6.45, 7) is 2.94. The molecule has 96 valence electrons. The summed E-state index contributed by atoms with van der Waals surface area (Å²) in [6.07, 6.45) is 0. The minimum absolute atomic E-state index is 0. The van der Waals surface area contributed by atoms with Crippen LogP contribution in [0.25, 0.3) is 0 Å². The lowest BCUT2D eigenvalue weighted by Crippen LogP contribution is -2.37. The first-order valence-electron chi connectivity index (χ1n) is 5.32. The van der Waals surface area contributed by atoms with E-state index in [1.807, 2.05) is 31.2 Å². The minimum atomic E-state index is 0. The predicted molar refractivity (Wildman–Crippen MR) is 72.2 cm³/mol. The maximum absolute atomic E-state index is 11.8. The standard InChI is InChI=1S/C12H18N2O2.ClH/c1-4-14(12(15)9-13-2)10-6-5-7-11(8-10)16-3;/h5-8,13H,4,9H2,1-3H3;1H. The normalized spacial score (nSPS) is 9.35. The number of carbonyl (C=O) groups is 1. The number of hydrogen-bond donors (Lipinski definition) is 1. The molecular weight excluding hydrogens is 240 g/mol. The first kappa shape index (κ1) is 15.7. The highest BCUT2D eigenvalue weighted by atomic mass is 35.5. The van der Waals surface area contributed by atoms with Gasteiger partial charge in [0.05, 0.1) is 13.7 Å². The Balaban J connectivity index is 0.00000256. The molecule has 5 heteroatoms. The van der Waals surface area contributed by atoms with Crippen LogP contribution >= 0.6 is 12.4 Å². The summed E-state index contributed by atoms with van der Waals surface area (Å²) in [5.74, 6) is 0.812. The Morgan fingerprint density at radius 2 is 2.18 bits per heavy atom. The van der Waals surface area contributed by atoms with Crippen LogP contribution in [0.4, 0.5) is 5.69 Å². The number of hydrogen-bond acceptors (Lipinski definition) is 3. The van der Waals surface area contributed by atoms with Crippen LogP contribution in [0, 0.1) is 0 Å². The van der Waals surface area contributed by atoms with Crippen LogP contribution in [-0.4, -0.2) is 33.2 Å². The van der Waals surface area contributed by atoms with Gasteiger partial charge in [-0.05, 0) is 26.1 Å². The zero-order chi connectivity index (χ0) is 12.0. The van der Waals surface area contributed by atoms with Gasteiger partial charge in [-0.15, -0.1) is 12.4 Å². The van der Waals surface area contributed by atoms with Gasteiger partial charge >= 0.3 is 0 Å². The first-order valence-corrected chi connectivity index (χ1v) is 5.32. The third kappa shape index (κ3) is 4.24. The Bertz CT molecular complexity index is 358. The fraction of sp³-hybridized carbons (Fsp3) is 0.417. The lowest BCUT2D eigenvalue weighted by molar-refractivity contribution is -0.117. The molecule has 1 aromatic rings. The number of methoxy groups -OCH3 is 1. The second kappa shape index (κ2) is 7.92. The minimum Gasteiger partial charge on any atom is -0.497 e. The van der Waals surface area contributed by atoms with Crippen LogP contribution < -0.4 is 15.0 Å². The molecule has 0 radical (unpaired) electrons. The summed E-state index contributed by atoms with van der Waals surface area (Å²) in [5.41, 5.74) is 0.863. The van der Waals surface area contributed by atoms with Gasteiger partial charge in [-0.3, -0.25) is 4.79 Å². The van der Waals surface area contributed by atoms with E-state index in [0.717, 1.165) is 11.4 Å². The number of ether oxygens (including phenoxy) is 1. The number of nitrogens with zero attached hydrogens (tertiary/aromatic N) is 1. The number of benzene rings is 1. The number of amides is 1. The van der Waals surface area contributed by atoms with Crippen molar-refractivity contribution in [3.8, 4) is 5.75 Å². The van der Waals surface area contributed by atoms with Crippen molar-refractivity contribution >= 4 is 24.0 Å². The van der Waals surface area contributed by atoms with Crippen molar-refractivity contribution in [2.45, 2.75) is 6.92 Å². The van der Waals surface area contributed by atoms with Gasteiger partial charge in [0.15, 0.2) is 0 Å². The van der Waals surface area contributed by atoms with Gasteiger partial charge in [-0.1, -0.05) is 6.07 Å². The average molecular weight is 259 g/mol. The average Bonchev–Trinajstić information content (AvgIpc) is 2.31. The molecule has 0 bridgehead atoms. The van der Waals surface area contributed by atoms with Gasteiger partial charge in [0.25, 0.3) is 0 Å². The van der Waals surface area contributed by atoms with Crippen LogP contribution in [0.2, 0.25) is 0 Å². The second-order valence-electron chi connectivity index (χ2n) is 3.37. The van der Waals surface area contributed by atoms with Gasteiger partial charge in [-0.25, -0.2) is 0 Å². The molecule has 0 aliphatic rings. The zero-order valence-corrected chi connectivity index (χ0v) is 11.2. The molecule has 0 saturated carbocycles.